The molecule has 6 heteroatoms. The summed E-state index contributed by atoms with van der Waals surface area (Å²) in [5.74, 6) is 0.0346. The summed E-state index contributed by atoms with van der Waals surface area (Å²) in [5, 5.41) is 10.3. The second kappa shape index (κ2) is 9.43. The zero-order chi connectivity index (χ0) is 20.1. The lowest BCUT2D eigenvalue weighted by Crippen LogP contribution is -2.32. The van der Waals surface area contributed by atoms with E-state index in [1.54, 1.807) is 11.3 Å². The maximum absolute atomic E-state index is 12.5. The maximum atomic E-state index is 12.5. The Kier molecular flexibility index (Phi) is 6.97. The van der Waals surface area contributed by atoms with Crippen LogP contribution in [-0.4, -0.2) is 27.5 Å². The molecule has 0 radical (unpaired) electrons. The number of hydrogen-bond donors (Lipinski definition) is 1. The van der Waals surface area contributed by atoms with Crippen molar-refractivity contribution in [2.45, 2.75) is 50.3 Å². The normalized spacial score (nSPS) is 12.3. The molecule has 0 spiro atoms. The van der Waals surface area contributed by atoms with Crippen molar-refractivity contribution in [1.82, 2.24) is 15.1 Å². The van der Waals surface area contributed by atoms with E-state index < -0.39 is 0 Å². The number of aromatic nitrogens is 2. The highest BCUT2D eigenvalue weighted by molar-refractivity contribution is 7.99. The molecule has 4 nitrogen and oxygen atoms in total. The second-order valence-corrected chi connectivity index (χ2v) is 9.82. The molecule has 1 atom stereocenters. The van der Waals surface area contributed by atoms with Gasteiger partial charge < -0.3 is 5.32 Å². The number of aryl methyl sites for hydroxylation is 2. The highest BCUT2D eigenvalue weighted by atomic mass is 32.2. The Bertz CT molecular complexity index is 899. The highest BCUT2D eigenvalue weighted by Gasteiger charge is 2.19. The van der Waals surface area contributed by atoms with E-state index in [9.17, 15) is 4.79 Å². The van der Waals surface area contributed by atoms with E-state index in [4.69, 9.17) is 0 Å². The number of nitrogens with zero attached hydrogens (tertiary/aromatic N) is 2. The van der Waals surface area contributed by atoms with Gasteiger partial charge in [0.15, 0.2) is 0 Å². The van der Waals surface area contributed by atoms with Crippen LogP contribution in [0.1, 0.15) is 41.7 Å². The SMILES string of the molecule is Cc1cc(C)n(C(CNC(=O)Cc2ccc(SC(C)C)cc2)c2cccs2)n1. The molecule has 0 saturated carbocycles. The van der Waals surface area contributed by atoms with E-state index in [1.807, 2.05) is 41.6 Å². The lowest BCUT2D eigenvalue weighted by atomic mass is 10.1. The van der Waals surface area contributed by atoms with E-state index >= 15 is 0 Å². The summed E-state index contributed by atoms with van der Waals surface area (Å²) in [5.41, 5.74) is 3.12. The van der Waals surface area contributed by atoms with Crippen LogP contribution in [-0.2, 0) is 11.2 Å². The first-order chi connectivity index (χ1) is 13.4. The number of thiophene rings is 1. The van der Waals surface area contributed by atoms with Gasteiger partial charge in [0.2, 0.25) is 5.91 Å². The van der Waals surface area contributed by atoms with Gasteiger partial charge in [-0.1, -0.05) is 32.0 Å². The third-order valence-corrected chi connectivity index (χ3v) is 6.35. The van der Waals surface area contributed by atoms with Crippen LogP contribution in [0.4, 0.5) is 0 Å². The Morgan fingerprint density at radius 1 is 1.21 bits per heavy atom. The van der Waals surface area contributed by atoms with E-state index in [0.717, 1.165) is 17.0 Å². The first-order valence-corrected chi connectivity index (χ1v) is 11.3. The number of thioether (sulfide) groups is 1. The van der Waals surface area contributed by atoms with Gasteiger partial charge in [0.25, 0.3) is 0 Å². The van der Waals surface area contributed by atoms with E-state index in [1.165, 1.54) is 9.77 Å². The fourth-order valence-electron chi connectivity index (χ4n) is 3.17. The number of rotatable bonds is 8. The Morgan fingerprint density at radius 2 is 1.96 bits per heavy atom. The van der Waals surface area contributed by atoms with E-state index in [2.05, 4.69) is 60.8 Å². The number of hydrogen-bond acceptors (Lipinski definition) is 4. The van der Waals surface area contributed by atoms with Crippen LogP contribution in [0, 0.1) is 13.8 Å². The minimum absolute atomic E-state index is 0.0162. The predicted octanol–water partition coefficient (Wildman–Crippen LogP) is 5.01. The smallest absolute Gasteiger partial charge is 0.224 e. The zero-order valence-electron chi connectivity index (χ0n) is 16.8. The molecule has 2 aromatic heterocycles. The third kappa shape index (κ3) is 5.49. The lowest BCUT2D eigenvalue weighted by molar-refractivity contribution is -0.120. The predicted molar refractivity (Wildman–Crippen MR) is 118 cm³/mol. The van der Waals surface area contributed by atoms with Gasteiger partial charge in [0.1, 0.15) is 6.04 Å². The van der Waals surface area contributed by atoms with E-state index in [0.29, 0.717) is 18.2 Å². The van der Waals surface area contributed by atoms with Gasteiger partial charge in [0, 0.05) is 27.3 Å². The van der Waals surface area contributed by atoms with Crippen LogP contribution in [0.15, 0.2) is 52.7 Å². The summed E-state index contributed by atoms with van der Waals surface area (Å²) in [6.45, 7) is 8.94. The standard InChI is InChI=1S/C22H27N3OS2/c1-15(2)28-19-9-7-18(8-10-19)13-22(26)23-14-20(21-6-5-11-27-21)25-17(4)12-16(3)24-25/h5-12,15,20H,13-14H2,1-4H3,(H,23,26). The van der Waals surface area contributed by atoms with Gasteiger partial charge >= 0.3 is 0 Å². The molecular weight excluding hydrogens is 386 g/mol. The maximum Gasteiger partial charge on any atom is 0.224 e. The van der Waals surface area contributed by atoms with Gasteiger partial charge in [-0.3, -0.25) is 9.48 Å². The Morgan fingerprint density at radius 3 is 2.54 bits per heavy atom. The van der Waals surface area contributed by atoms with Crippen molar-refractivity contribution in [3.8, 4) is 0 Å². The molecule has 1 unspecified atom stereocenters. The molecule has 1 aromatic carbocycles. The summed E-state index contributed by atoms with van der Waals surface area (Å²) in [7, 11) is 0. The molecule has 3 aromatic rings. The lowest BCUT2D eigenvalue weighted by Gasteiger charge is -2.19. The molecule has 3 rings (SSSR count). The molecule has 0 aliphatic heterocycles. The molecular formula is C22H27N3OS2. The summed E-state index contributed by atoms with van der Waals surface area (Å²) in [6.07, 6.45) is 0.390. The fourth-order valence-corrected chi connectivity index (χ4v) is 4.82. The molecule has 28 heavy (non-hydrogen) atoms. The summed E-state index contributed by atoms with van der Waals surface area (Å²) in [4.78, 5) is 15.0. The molecule has 0 aliphatic rings. The van der Waals surface area contributed by atoms with Crippen molar-refractivity contribution in [3.05, 3.63) is 69.7 Å². The van der Waals surface area contributed by atoms with Crippen molar-refractivity contribution < 1.29 is 4.79 Å². The zero-order valence-corrected chi connectivity index (χ0v) is 18.4. The Labute approximate surface area is 175 Å². The molecule has 0 bridgehead atoms. The fraction of sp³-hybridized carbons (Fsp3) is 0.364. The topological polar surface area (TPSA) is 46.9 Å². The molecule has 0 saturated heterocycles. The molecule has 0 fully saturated rings. The number of carbonyl (C=O) groups excluding carboxylic acids is 1. The molecule has 1 N–H and O–H groups in total. The largest absolute Gasteiger partial charge is 0.353 e. The van der Waals surface area contributed by atoms with Crippen LogP contribution in [0.25, 0.3) is 0 Å². The highest BCUT2D eigenvalue weighted by Crippen LogP contribution is 2.25. The number of carbonyl (C=O) groups is 1. The Hall–Kier alpha value is -2.05. The minimum Gasteiger partial charge on any atom is -0.353 e. The van der Waals surface area contributed by atoms with Crippen LogP contribution >= 0.6 is 23.1 Å². The average molecular weight is 414 g/mol. The second-order valence-electron chi connectivity index (χ2n) is 7.19. The van der Waals surface area contributed by atoms with Crippen molar-refractivity contribution in [1.29, 1.82) is 0 Å². The van der Waals surface area contributed by atoms with E-state index in [-0.39, 0.29) is 11.9 Å². The summed E-state index contributed by atoms with van der Waals surface area (Å²) in [6, 6.07) is 14.5. The first kappa shape index (κ1) is 20.7. The monoisotopic (exact) mass is 413 g/mol. The first-order valence-electron chi connectivity index (χ1n) is 9.51. The van der Waals surface area contributed by atoms with Crippen LogP contribution in [0.2, 0.25) is 0 Å². The molecule has 1 amide bonds. The summed E-state index contributed by atoms with van der Waals surface area (Å²) >= 11 is 3.52. The summed E-state index contributed by atoms with van der Waals surface area (Å²) < 4.78 is 2.01. The van der Waals surface area contributed by atoms with Crippen LogP contribution in [0.5, 0.6) is 0 Å². The van der Waals surface area contributed by atoms with Crippen LogP contribution in [0.3, 0.4) is 0 Å². The van der Waals surface area contributed by atoms with Crippen molar-refractivity contribution in [2.24, 2.45) is 0 Å². The minimum atomic E-state index is 0.0162. The third-order valence-electron chi connectivity index (χ3n) is 4.36. The number of amides is 1. The molecule has 2 heterocycles. The van der Waals surface area contributed by atoms with Gasteiger partial charge in [-0.15, -0.1) is 23.1 Å². The molecule has 148 valence electrons. The molecule has 0 aliphatic carbocycles. The Balaban J connectivity index is 1.63. The average Bonchev–Trinajstić information content (AvgIpc) is 3.27. The van der Waals surface area contributed by atoms with Gasteiger partial charge in [-0.2, -0.15) is 5.10 Å². The van der Waals surface area contributed by atoms with Crippen molar-refractivity contribution in [3.63, 3.8) is 0 Å². The quantitative estimate of drug-likeness (QED) is 0.528. The number of nitrogens with one attached hydrogen (secondary N) is 1. The van der Waals surface area contributed by atoms with Gasteiger partial charge in [0.05, 0.1) is 12.1 Å². The van der Waals surface area contributed by atoms with Crippen molar-refractivity contribution in [2.75, 3.05) is 6.54 Å². The van der Waals surface area contributed by atoms with Crippen molar-refractivity contribution >= 4 is 29.0 Å². The van der Waals surface area contributed by atoms with Crippen LogP contribution < -0.4 is 5.32 Å². The van der Waals surface area contributed by atoms with Gasteiger partial charge in [-0.05, 0) is 49.1 Å². The number of benzene rings is 1. The van der Waals surface area contributed by atoms with Gasteiger partial charge in [-0.25, -0.2) is 0 Å².